The number of para-hydroxylation sites is 1. The summed E-state index contributed by atoms with van der Waals surface area (Å²) in [6, 6.07) is 14.5. The Hall–Kier alpha value is -3.68. The Morgan fingerprint density at radius 1 is 1.07 bits per heavy atom. The van der Waals surface area contributed by atoms with E-state index in [-0.39, 0.29) is 0 Å². The second-order valence-electron chi connectivity index (χ2n) is 12.5. The maximum absolute atomic E-state index is 6.73. The van der Waals surface area contributed by atoms with Gasteiger partial charge in [0.15, 0.2) is 0 Å². The molecule has 8 rings (SSSR count). The van der Waals surface area contributed by atoms with E-state index in [4.69, 9.17) is 22.3 Å². The number of nitrogen functional groups attached to an aromatic ring is 1. The molecule has 2 unspecified atom stereocenters. The number of anilines is 1. The highest BCUT2D eigenvalue weighted by atomic mass is 35.5. The Kier molecular flexibility index (Phi) is 6.53. The van der Waals surface area contributed by atoms with Gasteiger partial charge in [0.05, 0.1) is 11.2 Å². The summed E-state index contributed by atoms with van der Waals surface area (Å²) in [6.07, 6.45) is 12.4. The van der Waals surface area contributed by atoms with Gasteiger partial charge in [-0.15, -0.1) is 5.10 Å². The summed E-state index contributed by atoms with van der Waals surface area (Å²) in [5.74, 6) is 1.03. The van der Waals surface area contributed by atoms with Gasteiger partial charge in [-0.2, -0.15) is 0 Å². The minimum Gasteiger partial charge on any atom is -0.398 e. The van der Waals surface area contributed by atoms with E-state index in [1.807, 2.05) is 22.9 Å². The first-order valence-electron chi connectivity index (χ1n) is 15.3. The third kappa shape index (κ3) is 4.78. The molecule has 8 heteroatoms. The largest absolute Gasteiger partial charge is 0.398 e. The molecule has 4 heterocycles. The summed E-state index contributed by atoms with van der Waals surface area (Å²) < 4.78 is 2.03. The summed E-state index contributed by atoms with van der Waals surface area (Å²) in [4.78, 5) is 11.1. The molecule has 214 valence electrons. The number of rotatable bonds is 7. The quantitative estimate of drug-likeness (QED) is 0.161. The Balaban J connectivity index is 0.851. The summed E-state index contributed by atoms with van der Waals surface area (Å²) in [5, 5.41) is 12.1. The summed E-state index contributed by atoms with van der Waals surface area (Å²) in [6.45, 7) is 3.74. The molecule has 3 aliphatic rings. The highest BCUT2D eigenvalue weighted by Gasteiger charge is 2.33. The van der Waals surface area contributed by atoms with Gasteiger partial charge >= 0.3 is 0 Å². The maximum atomic E-state index is 6.73. The van der Waals surface area contributed by atoms with Gasteiger partial charge in [-0.1, -0.05) is 46.7 Å². The van der Waals surface area contributed by atoms with Crippen molar-refractivity contribution in [2.45, 2.75) is 70.5 Å². The summed E-state index contributed by atoms with van der Waals surface area (Å²) in [5.41, 5.74) is 17.7. The van der Waals surface area contributed by atoms with Crippen LogP contribution >= 0.6 is 11.6 Å². The monoisotopic (exact) mass is 577 g/mol. The number of aryl methyl sites for hydroxylation is 1. The average Bonchev–Trinajstić information content (AvgIpc) is 3.58. The van der Waals surface area contributed by atoms with Gasteiger partial charge in [0.1, 0.15) is 0 Å². The molecule has 42 heavy (non-hydrogen) atoms. The average molecular weight is 578 g/mol. The lowest BCUT2D eigenvalue weighted by Crippen LogP contribution is -2.30. The molecule has 0 amide bonds. The van der Waals surface area contributed by atoms with Crippen LogP contribution in [0.2, 0.25) is 5.02 Å². The van der Waals surface area contributed by atoms with Gasteiger partial charge in [0, 0.05) is 76.3 Å². The second-order valence-corrected chi connectivity index (χ2v) is 12.9. The van der Waals surface area contributed by atoms with Crippen molar-refractivity contribution in [3.8, 4) is 0 Å². The van der Waals surface area contributed by atoms with E-state index in [2.05, 4.69) is 56.7 Å². The van der Waals surface area contributed by atoms with Crippen molar-refractivity contribution in [1.82, 2.24) is 29.9 Å². The topological polar surface area (TPSA) is 88.6 Å². The molecule has 2 atom stereocenters. The lowest BCUT2D eigenvalue weighted by molar-refractivity contribution is 0.240. The smallest absolute Gasteiger partial charge is 0.0967 e. The molecule has 3 N–H and O–H groups in total. The zero-order valence-corrected chi connectivity index (χ0v) is 24.6. The molecule has 0 saturated heterocycles. The summed E-state index contributed by atoms with van der Waals surface area (Å²) >= 11 is 6.23. The standard InChI is InChI=1S/C34H36ClN7/c35-24-8-9-28-30(17-24)38-31-16-22-13-21(14-23(15-22)33(31)34(28)36)5-3-4-11-42-19-25(39-40-42)18-41-12-10-27-26-6-1-2-7-29(26)37-32(27)20-41/h1-2,6-9,13,17,19,22-23,37H,3-5,10-12,14-16,18,20H2,(H2,36,38). The highest BCUT2D eigenvalue weighted by molar-refractivity contribution is 6.31. The third-order valence-electron chi connectivity index (χ3n) is 9.61. The van der Waals surface area contributed by atoms with Crippen molar-refractivity contribution in [2.24, 2.45) is 5.92 Å². The van der Waals surface area contributed by atoms with Crippen LogP contribution in [0.1, 0.15) is 66.2 Å². The molecule has 3 aromatic heterocycles. The first-order chi connectivity index (χ1) is 20.6. The second kappa shape index (κ2) is 10.5. The van der Waals surface area contributed by atoms with Crippen molar-refractivity contribution < 1.29 is 0 Å². The molecule has 0 radical (unpaired) electrons. The number of aromatic nitrogens is 5. The van der Waals surface area contributed by atoms with Crippen LogP contribution in [0, 0.1) is 5.92 Å². The lowest BCUT2D eigenvalue weighted by atomic mass is 9.70. The summed E-state index contributed by atoms with van der Waals surface area (Å²) in [7, 11) is 0. The van der Waals surface area contributed by atoms with Crippen molar-refractivity contribution in [3.05, 3.63) is 93.5 Å². The highest BCUT2D eigenvalue weighted by Crippen LogP contribution is 2.47. The van der Waals surface area contributed by atoms with E-state index in [1.54, 1.807) is 5.57 Å². The van der Waals surface area contributed by atoms with Crippen LogP contribution in [0.4, 0.5) is 5.69 Å². The normalized spacial score (nSPS) is 20.1. The minimum atomic E-state index is 0.472. The van der Waals surface area contributed by atoms with E-state index in [9.17, 15) is 0 Å². The van der Waals surface area contributed by atoms with Gasteiger partial charge in [0.2, 0.25) is 0 Å². The Morgan fingerprint density at radius 3 is 2.95 bits per heavy atom. The fourth-order valence-electron chi connectivity index (χ4n) is 7.73. The maximum Gasteiger partial charge on any atom is 0.0967 e. The van der Waals surface area contributed by atoms with Crippen LogP contribution in [0.15, 0.2) is 60.3 Å². The Labute approximate surface area is 250 Å². The van der Waals surface area contributed by atoms with Gasteiger partial charge < -0.3 is 10.7 Å². The zero-order valence-electron chi connectivity index (χ0n) is 23.8. The molecule has 2 bridgehead atoms. The molecule has 2 aliphatic carbocycles. The van der Waals surface area contributed by atoms with Gasteiger partial charge in [-0.05, 0) is 86.6 Å². The Bertz CT molecular complexity index is 1830. The van der Waals surface area contributed by atoms with Gasteiger partial charge in [-0.25, -0.2) is 0 Å². The number of aromatic amines is 1. The molecular weight excluding hydrogens is 542 g/mol. The molecule has 0 saturated carbocycles. The number of allylic oxidation sites excluding steroid dienone is 2. The van der Waals surface area contributed by atoms with Crippen LogP contribution in [0.25, 0.3) is 21.8 Å². The van der Waals surface area contributed by atoms with E-state index in [0.717, 1.165) is 87.0 Å². The first-order valence-corrected chi connectivity index (χ1v) is 15.7. The Morgan fingerprint density at radius 2 is 2.00 bits per heavy atom. The van der Waals surface area contributed by atoms with Crippen LogP contribution in [-0.4, -0.2) is 36.4 Å². The third-order valence-corrected chi connectivity index (χ3v) is 9.84. The van der Waals surface area contributed by atoms with Crippen molar-refractivity contribution >= 4 is 39.1 Å². The van der Waals surface area contributed by atoms with Gasteiger partial charge in [0.25, 0.3) is 0 Å². The molecule has 2 aromatic carbocycles. The number of nitrogens with one attached hydrogen (secondary N) is 1. The number of benzene rings is 2. The number of hydrogen-bond acceptors (Lipinski definition) is 5. The molecule has 0 spiro atoms. The number of nitrogens with two attached hydrogens (primary N) is 1. The van der Waals surface area contributed by atoms with Crippen LogP contribution in [0.3, 0.4) is 0 Å². The number of nitrogens with zero attached hydrogens (tertiary/aromatic N) is 5. The minimum absolute atomic E-state index is 0.472. The SMILES string of the molecule is Nc1c2c(nc3cc(Cl)ccc13)CC1C=C(CCCCn3cc(CN4CCc5c([nH]c6ccccc56)C4)nn3)CC2C1. The zero-order chi connectivity index (χ0) is 28.2. The van der Waals surface area contributed by atoms with Crippen LogP contribution in [-0.2, 0) is 32.5 Å². The number of pyridine rings is 1. The number of unbranched alkanes of at least 4 members (excludes halogenated alkanes) is 1. The molecular formula is C34H36ClN7. The fourth-order valence-corrected chi connectivity index (χ4v) is 7.90. The molecule has 5 aromatic rings. The number of halogens is 1. The number of fused-ring (bicyclic) bond motifs is 8. The van der Waals surface area contributed by atoms with Crippen LogP contribution < -0.4 is 5.73 Å². The van der Waals surface area contributed by atoms with Crippen molar-refractivity contribution in [1.29, 1.82) is 0 Å². The van der Waals surface area contributed by atoms with Crippen LogP contribution in [0.5, 0.6) is 0 Å². The molecule has 0 fully saturated rings. The predicted octanol–water partition coefficient (Wildman–Crippen LogP) is 6.95. The molecule has 1 aliphatic heterocycles. The van der Waals surface area contributed by atoms with E-state index >= 15 is 0 Å². The van der Waals surface area contributed by atoms with Gasteiger partial charge in [-0.3, -0.25) is 14.6 Å². The molecule has 7 nitrogen and oxygen atoms in total. The predicted molar refractivity (Wildman–Crippen MR) is 168 cm³/mol. The fraction of sp³-hybridized carbons (Fsp3) is 0.382. The van der Waals surface area contributed by atoms with E-state index in [1.165, 1.54) is 39.8 Å². The van der Waals surface area contributed by atoms with Crippen molar-refractivity contribution in [3.63, 3.8) is 0 Å². The van der Waals surface area contributed by atoms with E-state index < -0.39 is 0 Å². The first kappa shape index (κ1) is 26.0. The lowest BCUT2D eigenvalue weighted by Gasteiger charge is -2.36. The number of H-pyrrole nitrogens is 1. The van der Waals surface area contributed by atoms with E-state index in [0.29, 0.717) is 16.9 Å². The number of hydrogen-bond donors (Lipinski definition) is 2. The van der Waals surface area contributed by atoms with Crippen molar-refractivity contribution in [2.75, 3.05) is 12.3 Å².